The van der Waals surface area contributed by atoms with Gasteiger partial charge in [0, 0.05) is 12.7 Å². The van der Waals surface area contributed by atoms with Gasteiger partial charge in [0.15, 0.2) is 0 Å². The van der Waals surface area contributed by atoms with Crippen LogP contribution in [-0.2, 0) is 16.6 Å². The van der Waals surface area contributed by atoms with E-state index in [0.29, 0.717) is 17.1 Å². The van der Waals surface area contributed by atoms with E-state index < -0.39 is 10.0 Å². The third-order valence-corrected chi connectivity index (χ3v) is 4.61. The number of aromatic amines is 1. The second kappa shape index (κ2) is 5.64. The van der Waals surface area contributed by atoms with Gasteiger partial charge >= 0.3 is 0 Å². The molecule has 1 heterocycles. The lowest BCUT2D eigenvalue weighted by Crippen LogP contribution is -2.16. The zero-order chi connectivity index (χ0) is 14.8. The van der Waals surface area contributed by atoms with Crippen molar-refractivity contribution < 1.29 is 8.42 Å². The Kier molecular flexibility index (Phi) is 4.10. The third kappa shape index (κ3) is 3.00. The second-order valence-electron chi connectivity index (χ2n) is 4.66. The minimum absolute atomic E-state index is 0.295. The van der Waals surface area contributed by atoms with Gasteiger partial charge in [-0.2, -0.15) is 5.10 Å². The first kappa shape index (κ1) is 14.5. The molecule has 0 spiro atoms. The van der Waals surface area contributed by atoms with E-state index in [-0.39, 0.29) is 0 Å². The van der Waals surface area contributed by atoms with Gasteiger partial charge < -0.3 is 5.32 Å². The molecule has 0 atom stereocenters. The van der Waals surface area contributed by atoms with Crippen LogP contribution in [0.2, 0.25) is 0 Å². The molecule has 3 N–H and O–H groups in total. The monoisotopic (exact) mass is 294 g/mol. The van der Waals surface area contributed by atoms with E-state index in [4.69, 9.17) is 0 Å². The number of aryl methyl sites for hydroxylation is 1. The van der Waals surface area contributed by atoms with Crippen LogP contribution < -0.4 is 10.0 Å². The number of nitrogens with one attached hydrogen (secondary N) is 3. The van der Waals surface area contributed by atoms with Crippen LogP contribution in [0, 0.1) is 13.8 Å². The molecule has 0 aliphatic rings. The first-order chi connectivity index (χ1) is 9.44. The molecule has 0 bridgehead atoms. The summed E-state index contributed by atoms with van der Waals surface area (Å²) >= 11 is 0. The summed E-state index contributed by atoms with van der Waals surface area (Å²) in [5, 5.41) is 9.32. The summed E-state index contributed by atoms with van der Waals surface area (Å²) in [5.41, 5.74) is 3.05. The molecular weight excluding hydrogens is 276 g/mol. The lowest BCUT2D eigenvalue weighted by molar-refractivity contribution is 0.600. The van der Waals surface area contributed by atoms with E-state index in [0.717, 1.165) is 16.7 Å². The van der Waals surface area contributed by atoms with Crippen molar-refractivity contribution in [3.8, 4) is 0 Å². The minimum atomic E-state index is -3.62. The van der Waals surface area contributed by atoms with Crippen LogP contribution in [-0.4, -0.2) is 25.7 Å². The zero-order valence-electron chi connectivity index (χ0n) is 11.7. The summed E-state index contributed by atoms with van der Waals surface area (Å²) in [6.45, 7) is 4.34. The van der Waals surface area contributed by atoms with Gasteiger partial charge in [0.25, 0.3) is 10.0 Å². The zero-order valence-corrected chi connectivity index (χ0v) is 12.5. The number of anilines is 1. The van der Waals surface area contributed by atoms with Crippen molar-refractivity contribution in [1.29, 1.82) is 0 Å². The van der Waals surface area contributed by atoms with Gasteiger partial charge in [-0.3, -0.25) is 9.82 Å². The number of benzene rings is 1. The summed E-state index contributed by atoms with van der Waals surface area (Å²) in [5.74, 6) is 0. The summed E-state index contributed by atoms with van der Waals surface area (Å²) in [7, 11) is -1.79. The fourth-order valence-corrected chi connectivity index (χ4v) is 3.40. The van der Waals surface area contributed by atoms with Gasteiger partial charge in [-0.25, -0.2) is 8.42 Å². The Morgan fingerprint density at radius 3 is 2.65 bits per heavy atom. The highest BCUT2D eigenvalue weighted by Gasteiger charge is 2.19. The molecule has 0 fully saturated rings. The molecular formula is C13H18N4O2S. The average molecular weight is 294 g/mol. The molecule has 1 aromatic carbocycles. The molecule has 0 saturated carbocycles. The number of H-pyrrole nitrogens is 1. The van der Waals surface area contributed by atoms with Crippen molar-refractivity contribution in [2.45, 2.75) is 25.3 Å². The highest BCUT2D eigenvalue weighted by Crippen LogP contribution is 2.23. The Morgan fingerprint density at radius 1 is 1.30 bits per heavy atom. The quantitative estimate of drug-likeness (QED) is 0.781. The Hall–Kier alpha value is -1.86. The molecule has 0 amide bonds. The standard InChI is InChI=1S/C13H18N4O2S/c1-9-4-11(6-14-3)5-13(10(9)2)20(18,19)17-12-7-15-16-8-12/h4-5,7-8,14,17H,6H2,1-3H3,(H,15,16). The van der Waals surface area contributed by atoms with Crippen LogP contribution in [0.25, 0.3) is 0 Å². The molecule has 0 aliphatic heterocycles. The normalized spacial score (nSPS) is 11.6. The topological polar surface area (TPSA) is 86.9 Å². The van der Waals surface area contributed by atoms with Gasteiger partial charge in [0.2, 0.25) is 0 Å². The van der Waals surface area contributed by atoms with Gasteiger partial charge in [0.05, 0.1) is 16.8 Å². The first-order valence-corrected chi connectivity index (χ1v) is 7.68. The smallest absolute Gasteiger partial charge is 0.262 e. The van der Waals surface area contributed by atoms with Crippen molar-refractivity contribution in [2.24, 2.45) is 0 Å². The Balaban J connectivity index is 2.44. The van der Waals surface area contributed by atoms with Crippen LogP contribution >= 0.6 is 0 Å². The minimum Gasteiger partial charge on any atom is -0.316 e. The number of hydrogen-bond donors (Lipinski definition) is 3. The fourth-order valence-electron chi connectivity index (χ4n) is 2.00. The van der Waals surface area contributed by atoms with Crippen molar-refractivity contribution in [3.63, 3.8) is 0 Å². The van der Waals surface area contributed by atoms with Gasteiger partial charge in [-0.1, -0.05) is 6.07 Å². The van der Waals surface area contributed by atoms with Crippen LogP contribution in [0.5, 0.6) is 0 Å². The molecule has 0 unspecified atom stereocenters. The average Bonchev–Trinajstić information content (AvgIpc) is 2.85. The lowest BCUT2D eigenvalue weighted by Gasteiger charge is -2.13. The van der Waals surface area contributed by atoms with Crippen molar-refractivity contribution in [2.75, 3.05) is 11.8 Å². The molecule has 7 heteroatoms. The lowest BCUT2D eigenvalue weighted by atomic mass is 10.1. The first-order valence-electron chi connectivity index (χ1n) is 6.20. The second-order valence-corrected chi connectivity index (χ2v) is 6.31. The highest BCUT2D eigenvalue weighted by atomic mass is 32.2. The Morgan fingerprint density at radius 2 is 2.05 bits per heavy atom. The molecule has 0 saturated heterocycles. The molecule has 1 aromatic heterocycles. The maximum atomic E-state index is 12.5. The summed E-state index contributed by atoms with van der Waals surface area (Å²) < 4.78 is 27.4. The molecule has 2 rings (SSSR count). The van der Waals surface area contributed by atoms with Crippen molar-refractivity contribution in [1.82, 2.24) is 15.5 Å². The van der Waals surface area contributed by atoms with Crippen molar-refractivity contribution in [3.05, 3.63) is 41.2 Å². The fraction of sp³-hybridized carbons (Fsp3) is 0.308. The molecule has 0 radical (unpaired) electrons. The van der Waals surface area contributed by atoms with Crippen LogP contribution in [0.4, 0.5) is 5.69 Å². The number of aromatic nitrogens is 2. The number of nitrogens with zero attached hydrogens (tertiary/aromatic N) is 1. The van der Waals surface area contributed by atoms with Gasteiger partial charge in [-0.05, 0) is 43.7 Å². The van der Waals surface area contributed by atoms with E-state index in [1.54, 1.807) is 6.07 Å². The molecule has 108 valence electrons. The highest BCUT2D eigenvalue weighted by molar-refractivity contribution is 7.92. The maximum absolute atomic E-state index is 12.5. The third-order valence-electron chi connectivity index (χ3n) is 3.10. The van der Waals surface area contributed by atoms with E-state index in [2.05, 4.69) is 20.2 Å². The Labute approximate surface area is 118 Å². The van der Waals surface area contributed by atoms with E-state index in [1.165, 1.54) is 12.4 Å². The van der Waals surface area contributed by atoms with Gasteiger partial charge in [0.1, 0.15) is 0 Å². The predicted octanol–water partition coefficient (Wildman–Crippen LogP) is 1.55. The van der Waals surface area contributed by atoms with E-state index in [9.17, 15) is 8.42 Å². The maximum Gasteiger partial charge on any atom is 0.262 e. The molecule has 0 aliphatic carbocycles. The number of rotatable bonds is 5. The van der Waals surface area contributed by atoms with Gasteiger partial charge in [-0.15, -0.1) is 0 Å². The number of sulfonamides is 1. The summed E-state index contributed by atoms with van der Waals surface area (Å²) in [6, 6.07) is 3.68. The SMILES string of the molecule is CNCc1cc(C)c(C)c(S(=O)(=O)Nc2cn[nH]c2)c1. The molecule has 2 aromatic rings. The summed E-state index contributed by atoms with van der Waals surface area (Å²) in [6.07, 6.45) is 2.92. The molecule has 6 nitrogen and oxygen atoms in total. The van der Waals surface area contributed by atoms with Crippen LogP contribution in [0.1, 0.15) is 16.7 Å². The largest absolute Gasteiger partial charge is 0.316 e. The number of hydrogen-bond acceptors (Lipinski definition) is 4. The van der Waals surface area contributed by atoms with Crippen LogP contribution in [0.3, 0.4) is 0 Å². The van der Waals surface area contributed by atoms with E-state index >= 15 is 0 Å². The predicted molar refractivity (Wildman–Crippen MR) is 78.1 cm³/mol. The summed E-state index contributed by atoms with van der Waals surface area (Å²) in [4.78, 5) is 0.295. The van der Waals surface area contributed by atoms with E-state index in [1.807, 2.05) is 27.0 Å². The van der Waals surface area contributed by atoms with Crippen LogP contribution in [0.15, 0.2) is 29.4 Å². The molecule has 20 heavy (non-hydrogen) atoms. The Bertz CT molecular complexity index is 693. The van der Waals surface area contributed by atoms with Crippen molar-refractivity contribution >= 4 is 15.7 Å².